The van der Waals surface area contributed by atoms with Gasteiger partial charge in [-0.3, -0.25) is 0 Å². The van der Waals surface area contributed by atoms with Gasteiger partial charge in [0, 0.05) is 36.0 Å². The van der Waals surface area contributed by atoms with Crippen LogP contribution >= 0.6 is 0 Å². The fourth-order valence-electron chi connectivity index (χ4n) is 5.73. The fourth-order valence-corrected chi connectivity index (χ4v) is 5.73. The maximum absolute atomic E-state index is 6.39. The predicted molar refractivity (Wildman–Crippen MR) is 117 cm³/mol. The van der Waals surface area contributed by atoms with Crippen molar-refractivity contribution in [1.29, 1.82) is 0 Å². The first-order valence-corrected chi connectivity index (χ1v) is 11.4. The highest BCUT2D eigenvalue weighted by atomic mass is 16.5. The second-order valence-electron chi connectivity index (χ2n) is 9.21. The van der Waals surface area contributed by atoms with Crippen molar-refractivity contribution in [3.8, 4) is 5.88 Å². The molecule has 0 bridgehead atoms. The monoisotopic (exact) mass is 396 g/mol. The molecule has 1 aromatic heterocycles. The molecule has 0 unspecified atom stereocenters. The minimum atomic E-state index is 0.138. The molecular weight excluding hydrogens is 360 g/mol. The first-order valence-electron chi connectivity index (χ1n) is 11.4. The normalized spacial score (nSPS) is 25.7. The Hall–Kier alpha value is -1.81. The topological polar surface area (TPSA) is 43.4 Å². The zero-order valence-electron chi connectivity index (χ0n) is 18.1. The molecule has 0 radical (unpaired) electrons. The quantitative estimate of drug-likeness (QED) is 0.638. The molecule has 1 atom stereocenters. The van der Waals surface area contributed by atoms with Gasteiger partial charge in [0.1, 0.15) is 0 Å². The van der Waals surface area contributed by atoms with E-state index >= 15 is 0 Å². The summed E-state index contributed by atoms with van der Waals surface area (Å²) in [6.07, 6.45) is 21.0. The summed E-state index contributed by atoms with van der Waals surface area (Å²) in [4.78, 5) is 4.44. The first kappa shape index (κ1) is 20.5. The average molecular weight is 397 g/mol. The molecule has 0 aromatic carbocycles. The Kier molecular flexibility index (Phi) is 6.29. The van der Waals surface area contributed by atoms with Gasteiger partial charge in [-0.1, -0.05) is 31.4 Å². The third-order valence-corrected chi connectivity index (χ3v) is 7.20. The Bertz CT molecular complexity index is 764. The molecule has 0 amide bonds. The summed E-state index contributed by atoms with van der Waals surface area (Å²) >= 11 is 0. The van der Waals surface area contributed by atoms with Crippen molar-refractivity contribution in [3.05, 3.63) is 47.3 Å². The second kappa shape index (κ2) is 8.91. The summed E-state index contributed by atoms with van der Waals surface area (Å²) in [6.45, 7) is 3.94. The molecule has 2 fully saturated rings. The lowest BCUT2D eigenvalue weighted by atomic mass is 9.66. The SMILES string of the molecule is COc1ncc(CCCC[C@@]2(C3=CC=CCN3)CCOC3(CCCC3)C2)cc1C. The number of dihydropyridines is 1. The maximum Gasteiger partial charge on any atom is 0.215 e. The van der Waals surface area contributed by atoms with Gasteiger partial charge in [-0.25, -0.2) is 4.98 Å². The lowest BCUT2D eigenvalue weighted by molar-refractivity contribution is -0.116. The van der Waals surface area contributed by atoms with Gasteiger partial charge in [-0.2, -0.15) is 0 Å². The Morgan fingerprint density at radius 1 is 1.21 bits per heavy atom. The third kappa shape index (κ3) is 4.53. The number of hydrogen-bond acceptors (Lipinski definition) is 4. The lowest BCUT2D eigenvalue weighted by Gasteiger charge is -2.48. The van der Waals surface area contributed by atoms with Crippen molar-refractivity contribution in [2.75, 3.05) is 20.3 Å². The number of pyridine rings is 1. The summed E-state index contributed by atoms with van der Waals surface area (Å²) in [6, 6.07) is 2.22. The Morgan fingerprint density at radius 3 is 2.79 bits per heavy atom. The molecule has 4 heteroatoms. The van der Waals surface area contributed by atoms with Crippen LogP contribution in [0.15, 0.2) is 36.2 Å². The van der Waals surface area contributed by atoms with E-state index in [0.29, 0.717) is 0 Å². The van der Waals surface area contributed by atoms with Crippen LogP contribution in [0.1, 0.15) is 68.9 Å². The van der Waals surface area contributed by atoms with Crippen LogP contribution in [-0.4, -0.2) is 30.8 Å². The molecule has 3 aliphatic rings. The molecule has 1 N–H and O–H groups in total. The molecule has 1 saturated carbocycles. The fraction of sp³-hybridized carbons (Fsp3) is 0.640. The number of allylic oxidation sites excluding steroid dienone is 3. The number of methoxy groups -OCH3 is 1. The highest BCUT2D eigenvalue weighted by molar-refractivity contribution is 5.28. The summed E-state index contributed by atoms with van der Waals surface area (Å²) in [5, 5.41) is 3.71. The minimum Gasteiger partial charge on any atom is -0.481 e. The molecule has 4 rings (SSSR count). The van der Waals surface area contributed by atoms with E-state index in [-0.39, 0.29) is 11.0 Å². The van der Waals surface area contributed by atoms with Crippen molar-refractivity contribution in [1.82, 2.24) is 10.3 Å². The number of aryl methyl sites for hydroxylation is 2. The summed E-state index contributed by atoms with van der Waals surface area (Å²) in [7, 11) is 1.68. The van der Waals surface area contributed by atoms with Gasteiger partial charge in [0.15, 0.2) is 0 Å². The number of unbranched alkanes of at least 4 members (excludes halogenated alkanes) is 1. The highest BCUT2D eigenvalue weighted by Crippen LogP contribution is 2.52. The number of nitrogens with zero attached hydrogens (tertiary/aromatic N) is 1. The van der Waals surface area contributed by atoms with Gasteiger partial charge >= 0.3 is 0 Å². The van der Waals surface area contributed by atoms with Gasteiger partial charge < -0.3 is 14.8 Å². The molecular formula is C25H36N2O2. The molecule has 1 aromatic rings. The molecule has 1 spiro atoms. The number of aromatic nitrogens is 1. The van der Waals surface area contributed by atoms with Crippen LogP contribution in [0, 0.1) is 12.3 Å². The molecule has 4 nitrogen and oxygen atoms in total. The Morgan fingerprint density at radius 2 is 2.07 bits per heavy atom. The van der Waals surface area contributed by atoms with Gasteiger partial charge in [-0.15, -0.1) is 0 Å². The summed E-state index contributed by atoms with van der Waals surface area (Å²) in [5.74, 6) is 0.736. The van der Waals surface area contributed by atoms with E-state index in [1.165, 1.54) is 62.6 Å². The number of rotatable bonds is 7. The van der Waals surface area contributed by atoms with E-state index in [1.54, 1.807) is 7.11 Å². The van der Waals surface area contributed by atoms with Crippen LogP contribution < -0.4 is 10.1 Å². The van der Waals surface area contributed by atoms with Crippen molar-refractivity contribution in [3.63, 3.8) is 0 Å². The van der Waals surface area contributed by atoms with E-state index in [4.69, 9.17) is 9.47 Å². The molecule has 29 heavy (non-hydrogen) atoms. The largest absolute Gasteiger partial charge is 0.481 e. The standard InChI is InChI=1S/C25H36N2O2/c1-20-17-21(18-27-23(20)28-2)9-3-5-11-24(22-10-4-8-15-26-22)14-16-29-25(19-24)12-6-7-13-25/h4,8,10,17-18,26H,3,5-7,9,11-16,19H2,1-2H3/t24-/m1/s1. The second-order valence-corrected chi connectivity index (χ2v) is 9.21. The average Bonchev–Trinajstić information content (AvgIpc) is 3.19. The number of nitrogens with one attached hydrogen (secondary N) is 1. The smallest absolute Gasteiger partial charge is 0.215 e. The third-order valence-electron chi connectivity index (χ3n) is 7.20. The van der Waals surface area contributed by atoms with Crippen molar-refractivity contribution >= 4 is 0 Å². The van der Waals surface area contributed by atoms with Crippen LogP contribution in [0.25, 0.3) is 0 Å². The summed E-state index contributed by atoms with van der Waals surface area (Å²) in [5.41, 5.74) is 4.28. The Labute approximate surface area is 175 Å². The van der Waals surface area contributed by atoms with E-state index in [1.807, 2.05) is 6.20 Å². The van der Waals surface area contributed by atoms with Crippen molar-refractivity contribution in [2.24, 2.45) is 5.41 Å². The van der Waals surface area contributed by atoms with E-state index in [0.717, 1.165) is 37.4 Å². The van der Waals surface area contributed by atoms with E-state index in [2.05, 4.69) is 41.5 Å². The van der Waals surface area contributed by atoms with E-state index < -0.39 is 0 Å². The van der Waals surface area contributed by atoms with Crippen LogP contribution in [0.3, 0.4) is 0 Å². The van der Waals surface area contributed by atoms with Gasteiger partial charge in [-0.05, 0) is 69.6 Å². The zero-order chi connectivity index (χ0) is 20.2. The molecule has 1 saturated heterocycles. The molecule has 1 aliphatic carbocycles. The van der Waals surface area contributed by atoms with Crippen LogP contribution in [0.5, 0.6) is 5.88 Å². The highest BCUT2D eigenvalue weighted by Gasteiger charge is 2.48. The van der Waals surface area contributed by atoms with Crippen molar-refractivity contribution < 1.29 is 9.47 Å². The summed E-state index contributed by atoms with van der Waals surface area (Å²) < 4.78 is 11.7. The van der Waals surface area contributed by atoms with Crippen LogP contribution in [-0.2, 0) is 11.2 Å². The molecule has 3 heterocycles. The lowest BCUT2D eigenvalue weighted by Crippen LogP contribution is -2.47. The van der Waals surface area contributed by atoms with Gasteiger partial charge in [0.2, 0.25) is 5.88 Å². The number of hydrogen-bond donors (Lipinski definition) is 1. The molecule has 2 aliphatic heterocycles. The van der Waals surface area contributed by atoms with Gasteiger partial charge in [0.25, 0.3) is 0 Å². The number of ether oxygens (including phenoxy) is 2. The van der Waals surface area contributed by atoms with E-state index in [9.17, 15) is 0 Å². The minimum absolute atomic E-state index is 0.138. The maximum atomic E-state index is 6.39. The van der Waals surface area contributed by atoms with Crippen LogP contribution in [0.4, 0.5) is 0 Å². The Balaban J connectivity index is 1.41. The van der Waals surface area contributed by atoms with Gasteiger partial charge in [0.05, 0.1) is 12.7 Å². The van der Waals surface area contributed by atoms with Crippen molar-refractivity contribution in [2.45, 2.75) is 76.7 Å². The van der Waals surface area contributed by atoms with Crippen LogP contribution in [0.2, 0.25) is 0 Å². The first-order chi connectivity index (χ1) is 14.1. The predicted octanol–water partition coefficient (Wildman–Crippen LogP) is 5.26. The molecule has 158 valence electrons. The zero-order valence-corrected chi connectivity index (χ0v) is 18.1.